The molecule has 1 amide bonds. The van der Waals surface area contributed by atoms with E-state index in [9.17, 15) is 14.7 Å². The Morgan fingerprint density at radius 1 is 1.41 bits per heavy atom. The summed E-state index contributed by atoms with van der Waals surface area (Å²) >= 11 is 0. The number of ether oxygens (including phenoxy) is 1. The van der Waals surface area contributed by atoms with E-state index in [2.05, 4.69) is 11.6 Å². The van der Waals surface area contributed by atoms with Crippen molar-refractivity contribution < 1.29 is 19.4 Å². The van der Waals surface area contributed by atoms with Gasteiger partial charge in [0, 0.05) is 5.56 Å². The maximum atomic E-state index is 12.2. The molecule has 1 aromatic rings. The average molecular weight is 300 g/mol. The van der Waals surface area contributed by atoms with Gasteiger partial charge in [0.1, 0.15) is 0 Å². The minimum atomic E-state index is -1.12. The molecular weight excluding hydrogens is 284 g/mol. The van der Waals surface area contributed by atoms with Crippen LogP contribution in [0, 0.1) is 6.92 Å². The molecule has 3 atom stereocenters. The Kier molecular flexibility index (Phi) is 3.24. The number of amides is 1. The van der Waals surface area contributed by atoms with Crippen LogP contribution in [0.15, 0.2) is 41.4 Å². The molecule has 0 spiro atoms. The van der Waals surface area contributed by atoms with Gasteiger partial charge in [-0.05, 0) is 31.6 Å². The van der Waals surface area contributed by atoms with Gasteiger partial charge in [-0.1, -0.05) is 24.3 Å². The molecule has 2 aliphatic rings. The number of carboxylic acid groups (broad SMARTS) is 1. The Labute approximate surface area is 127 Å². The van der Waals surface area contributed by atoms with Crippen molar-refractivity contribution in [2.75, 3.05) is 0 Å². The summed E-state index contributed by atoms with van der Waals surface area (Å²) in [7, 11) is 0. The molecule has 6 nitrogen and oxygen atoms in total. The fraction of sp³-hybridized carbons (Fsp3) is 0.312. The lowest BCUT2D eigenvalue weighted by atomic mass is 9.98. The van der Waals surface area contributed by atoms with E-state index in [4.69, 9.17) is 4.74 Å². The molecular formula is C16H16N2O4. The van der Waals surface area contributed by atoms with E-state index < -0.39 is 24.3 Å². The Hall–Kier alpha value is -2.63. The van der Waals surface area contributed by atoms with Crippen LogP contribution in [0.4, 0.5) is 0 Å². The maximum absolute atomic E-state index is 12.2. The van der Waals surface area contributed by atoms with Crippen LogP contribution in [0.25, 0.3) is 0 Å². The summed E-state index contributed by atoms with van der Waals surface area (Å²) in [5, 5.41) is 9.28. The predicted octanol–water partition coefficient (Wildman–Crippen LogP) is 1.34. The zero-order valence-electron chi connectivity index (χ0n) is 12.3. The van der Waals surface area contributed by atoms with Crippen LogP contribution < -0.4 is 0 Å². The predicted molar refractivity (Wildman–Crippen MR) is 79.5 cm³/mol. The molecule has 1 aromatic carbocycles. The molecule has 0 aliphatic carbocycles. The van der Waals surface area contributed by atoms with Gasteiger partial charge in [-0.15, -0.1) is 0 Å². The summed E-state index contributed by atoms with van der Waals surface area (Å²) in [6.45, 7) is 7.20. The van der Waals surface area contributed by atoms with Gasteiger partial charge in [-0.3, -0.25) is 9.69 Å². The number of likely N-dealkylation sites (tertiary alicyclic amines) is 1. The van der Waals surface area contributed by atoms with E-state index >= 15 is 0 Å². The number of carbonyl (C=O) groups excluding carboxylic acids is 1. The minimum Gasteiger partial charge on any atom is -0.479 e. The summed E-state index contributed by atoms with van der Waals surface area (Å²) in [5.74, 6) is -1.09. The van der Waals surface area contributed by atoms with Crippen molar-refractivity contribution >= 4 is 17.8 Å². The number of aryl methyl sites for hydroxylation is 1. The minimum absolute atomic E-state index is 0.345. The topological polar surface area (TPSA) is 79.2 Å². The normalized spacial score (nSPS) is 24.0. The zero-order valence-corrected chi connectivity index (χ0v) is 12.3. The lowest BCUT2D eigenvalue weighted by Gasteiger charge is -2.43. The molecule has 0 aromatic heterocycles. The fourth-order valence-corrected chi connectivity index (χ4v) is 2.66. The Bertz CT molecular complexity index is 679. The van der Waals surface area contributed by atoms with Crippen LogP contribution >= 0.6 is 0 Å². The average Bonchev–Trinajstić information content (AvgIpc) is 2.84. The van der Waals surface area contributed by atoms with Crippen molar-refractivity contribution in [1.82, 2.24) is 4.90 Å². The number of hydrogen-bond acceptors (Lipinski definition) is 4. The number of nitrogens with zero attached hydrogens (tertiary/aromatic N) is 2. The second-order valence-electron chi connectivity index (χ2n) is 5.59. The van der Waals surface area contributed by atoms with Crippen LogP contribution in [-0.4, -0.2) is 46.1 Å². The summed E-state index contributed by atoms with van der Waals surface area (Å²) in [5.41, 5.74) is 2.26. The maximum Gasteiger partial charge on any atom is 0.330 e. The molecule has 0 saturated carbocycles. The van der Waals surface area contributed by atoms with Crippen molar-refractivity contribution in [3.63, 3.8) is 0 Å². The van der Waals surface area contributed by atoms with Gasteiger partial charge < -0.3 is 9.84 Å². The Morgan fingerprint density at radius 3 is 2.59 bits per heavy atom. The lowest BCUT2D eigenvalue weighted by Crippen LogP contribution is -2.68. The van der Waals surface area contributed by atoms with Gasteiger partial charge in [-0.2, -0.15) is 0 Å². The second kappa shape index (κ2) is 4.98. The molecule has 1 N–H and O–H groups in total. The summed E-state index contributed by atoms with van der Waals surface area (Å²) in [4.78, 5) is 29.0. The van der Waals surface area contributed by atoms with E-state index in [1.165, 1.54) is 4.90 Å². The van der Waals surface area contributed by atoms with Gasteiger partial charge >= 0.3 is 5.97 Å². The van der Waals surface area contributed by atoms with Crippen LogP contribution in [0.1, 0.15) is 18.1 Å². The van der Waals surface area contributed by atoms with Crippen molar-refractivity contribution in [3.8, 4) is 0 Å². The van der Waals surface area contributed by atoms with Crippen molar-refractivity contribution in [2.45, 2.75) is 32.2 Å². The van der Waals surface area contributed by atoms with Gasteiger partial charge in [0.25, 0.3) is 5.91 Å². The molecule has 3 rings (SSSR count). The first-order valence-corrected chi connectivity index (χ1v) is 6.92. The first-order valence-electron chi connectivity index (χ1n) is 6.92. The number of aliphatic carboxylic acids is 1. The van der Waals surface area contributed by atoms with E-state index in [-0.39, 0.29) is 5.91 Å². The third kappa shape index (κ3) is 2.07. The zero-order chi connectivity index (χ0) is 16.0. The molecule has 22 heavy (non-hydrogen) atoms. The molecule has 0 radical (unpaired) electrons. The van der Waals surface area contributed by atoms with Crippen LogP contribution in [0.2, 0.25) is 0 Å². The molecule has 0 bridgehead atoms. The molecule has 2 heterocycles. The quantitative estimate of drug-likeness (QED) is 0.672. The third-order valence-electron chi connectivity index (χ3n) is 3.82. The highest BCUT2D eigenvalue weighted by Crippen LogP contribution is 2.34. The largest absolute Gasteiger partial charge is 0.479 e. The Morgan fingerprint density at radius 2 is 2.05 bits per heavy atom. The number of hydrogen-bond donors (Lipinski definition) is 1. The smallest absolute Gasteiger partial charge is 0.330 e. The van der Waals surface area contributed by atoms with Gasteiger partial charge in [0.15, 0.2) is 12.1 Å². The van der Waals surface area contributed by atoms with Gasteiger partial charge in [0.05, 0.1) is 0 Å². The number of β-lactam (4-membered cyclic amide) rings is 1. The van der Waals surface area contributed by atoms with Crippen LogP contribution in [0.5, 0.6) is 0 Å². The van der Waals surface area contributed by atoms with Crippen LogP contribution in [0.3, 0.4) is 0 Å². The molecule has 114 valence electrons. The third-order valence-corrected chi connectivity index (χ3v) is 3.82. The fourth-order valence-electron chi connectivity index (χ4n) is 2.66. The number of fused-ring (bicyclic) bond motifs is 1. The van der Waals surface area contributed by atoms with E-state index in [0.29, 0.717) is 11.5 Å². The standard InChI is InChI=1S/C16H16N2O4/c1-8(2)12(16(20)21)18-14(19)11-15(18)22-13(17-11)10-6-4-9(3)5-7-10/h4-7,11-12,15H,1H2,2-3H3,(H,20,21). The number of aliphatic imine (C=N–C) groups is 1. The van der Waals surface area contributed by atoms with Crippen molar-refractivity contribution in [1.29, 1.82) is 0 Å². The molecule has 6 heteroatoms. The van der Waals surface area contributed by atoms with Gasteiger partial charge in [-0.25, -0.2) is 9.79 Å². The van der Waals surface area contributed by atoms with Crippen molar-refractivity contribution in [3.05, 3.63) is 47.5 Å². The van der Waals surface area contributed by atoms with E-state index in [1.807, 2.05) is 31.2 Å². The van der Waals surface area contributed by atoms with Crippen LogP contribution in [-0.2, 0) is 14.3 Å². The molecule has 2 aliphatic heterocycles. The molecule has 3 unspecified atom stereocenters. The highest BCUT2D eigenvalue weighted by atomic mass is 16.5. The van der Waals surface area contributed by atoms with E-state index in [1.54, 1.807) is 6.92 Å². The SMILES string of the molecule is C=C(C)C(C(=O)O)N1C(=O)C2N=C(c3ccc(C)cc3)OC21. The van der Waals surface area contributed by atoms with Gasteiger partial charge in [0.2, 0.25) is 12.1 Å². The monoisotopic (exact) mass is 300 g/mol. The van der Waals surface area contributed by atoms with E-state index in [0.717, 1.165) is 11.1 Å². The summed E-state index contributed by atoms with van der Waals surface area (Å²) in [6, 6.07) is 5.84. The molecule has 1 saturated heterocycles. The molecule has 1 fully saturated rings. The Balaban J connectivity index is 1.83. The number of carbonyl (C=O) groups is 2. The number of rotatable bonds is 4. The second-order valence-corrected chi connectivity index (χ2v) is 5.59. The van der Waals surface area contributed by atoms with Crippen molar-refractivity contribution in [2.24, 2.45) is 4.99 Å². The lowest BCUT2D eigenvalue weighted by molar-refractivity contribution is -0.174. The summed E-state index contributed by atoms with van der Waals surface area (Å²) in [6.07, 6.45) is -0.665. The number of carboxylic acids is 1. The first kappa shape index (κ1) is 14.3. The number of benzene rings is 1. The first-order chi connectivity index (χ1) is 10.4. The highest BCUT2D eigenvalue weighted by molar-refractivity contribution is 6.03. The highest BCUT2D eigenvalue weighted by Gasteiger charge is 2.57. The summed E-state index contributed by atoms with van der Waals surface area (Å²) < 4.78 is 5.70.